The lowest BCUT2D eigenvalue weighted by Gasteiger charge is -2.11. The predicted molar refractivity (Wildman–Crippen MR) is 103 cm³/mol. The van der Waals surface area contributed by atoms with Crippen LogP contribution < -0.4 is 14.8 Å². The summed E-state index contributed by atoms with van der Waals surface area (Å²) in [4.78, 5) is 12.5. The van der Waals surface area contributed by atoms with Crippen LogP contribution in [0.25, 0.3) is 6.08 Å². The molecule has 2 aromatic rings. The number of hydrogen-bond acceptors (Lipinski definition) is 4. The van der Waals surface area contributed by atoms with Crippen LogP contribution in [0.4, 0.5) is 5.69 Å². The van der Waals surface area contributed by atoms with E-state index in [-0.39, 0.29) is 5.57 Å². The molecule has 0 radical (unpaired) electrons. The lowest BCUT2D eigenvalue weighted by molar-refractivity contribution is -0.112. The number of ether oxygens (including phenoxy) is 2. The van der Waals surface area contributed by atoms with E-state index in [1.54, 1.807) is 30.3 Å². The van der Waals surface area contributed by atoms with Crippen LogP contribution in [0.2, 0.25) is 10.0 Å². The Morgan fingerprint density at radius 3 is 2.42 bits per heavy atom. The number of nitriles is 1. The fourth-order valence-corrected chi connectivity index (χ4v) is 2.58. The van der Waals surface area contributed by atoms with Crippen LogP contribution in [-0.2, 0) is 4.79 Å². The maximum absolute atomic E-state index is 12.5. The lowest BCUT2D eigenvalue weighted by atomic mass is 10.1. The lowest BCUT2D eigenvalue weighted by Crippen LogP contribution is -2.14. The zero-order valence-corrected chi connectivity index (χ0v) is 15.9. The maximum atomic E-state index is 12.5. The van der Waals surface area contributed by atoms with E-state index < -0.39 is 5.91 Å². The Balaban J connectivity index is 2.37. The fourth-order valence-electron chi connectivity index (χ4n) is 2.20. The van der Waals surface area contributed by atoms with Gasteiger partial charge in [-0.3, -0.25) is 4.79 Å². The van der Waals surface area contributed by atoms with E-state index in [1.165, 1.54) is 20.3 Å². The maximum Gasteiger partial charge on any atom is 0.266 e. The Kier molecular flexibility index (Phi) is 6.51. The van der Waals surface area contributed by atoms with Gasteiger partial charge >= 0.3 is 0 Å². The van der Waals surface area contributed by atoms with E-state index in [0.29, 0.717) is 32.8 Å². The molecule has 5 nitrogen and oxygen atoms in total. The number of nitrogens with one attached hydrogen (secondary N) is 1. The zero-order chi connectivity index (χ0) is 19.3. The van der Waals surface area contributed by atoms with E-state index >= 15 is 0 Å². The number of aryl methyl sites for hydroxylation is 1. The van der Waals surface area contributed by atoms with Gasteiger partial charge in [-0.05, 0) is 42.3 Å². The Labute approximate surface area is 161 Å². The summed E-state index contributed by atoms with van der Waals surface area (Å²) in [5.74, 6) is 0.322. The number of anilines is 1. The van der Waals surface area contributed by atoms with Crippen LogP contribution in [-0.4, -0.2) is 20.1 Å². The normalized spacial score (nSPS) is 10.8. The second kappa shape index (κ2) is 8.61. The molecular weight excluding hydrogens is 375 g/mol. The quantitative estimate of drug-likeness (QED) is 0.584. The number of benzene rings is 2. The molecule has 0 aliphatic carbocycles. The van der Waals surface area contributed by atoms with E-state index in [1.807, 2.05) is 13.0 Å². The number of methoxy groups -OCH3 is 2. The van der Waals surface area contributed by atoms with Crippen molar-refractivity contribution in [1.29, 1.82) is 5.26 Å². The van der Waals surface area contributed by atoms with Gasteiger partial charge in [0.25, 0.3) is 5.91 Å². The van der Waals surface area contributed by atoms with Gasteiger partial charge in [0, 0.05) is 16.8 Å². The van der Waals surface area contributed by atoms with Crippen molar-refractivity contribution in [3.63, 3.8) is 0 Å². The van der Waals surface area contributed by atoms with E-state index in [2.05, 4.69) is 5.32 Å². The monoisotopic (exact) mass is 390 g/mol. The molecule has 0 aliphatic heterocycles. The number of rotatable bonds is 5. The summed E-state index contributed by atoms with van der Waals surface area (Å²) < 4.78 is 10.4. The molecule has 0 atom stereocenters. The Morgan fingerprint density at radius 2 is 1.81 bits per heavy atom. The van der Waals surface area contributed by atoms with E-state index in [9.17, 15) is 10.1 Å². The minimum atomic E-state index is -0.566. The highest BCUT2D eigenvalue weighted by Gasteiger charge is 2.14. The smallest absolute Gasteiger partial charge is 0.266 e. The van der Waals surface area contributed by atoms with Crippen molar-refractivity contribution in [3.8, 4) is 17.6 Å². The van der Waals surface area contributed by atoms with Crippen LogP contribution in [0.15, 0.2) is 35.9 Å². The third-order valence-corrected chi connectivity index (χ3v) is 4.18. The molecule has 0 bridgehead atoms. The standard InChI is InChI=1S/C19H16Cl2N2O3/c1-11-4-5-14(20)8-16(11)23-19(24)13(10-22)6-12-7-17(25-2)18(26-3)9-15(12)21/h4-9H,1-3H3,(H,23,24)/b13-6+. The van der Waals surface area contributed by atoms with Gasteiger partial charge in [-0.25, -0.2) is 0 Å². The number of carbonyl (C=O) groups is 1. The van der Waals surface area contributed by atoms with Crippen molar-refractivity contribution in [2.45, 2.75) is 6.92 Å². The van der Waals surface area contributed by atoms with Crippen molar-refractivity contribution in [1.82, 2.24) is 0 Å². The minimum Gasteiger partial charge on any atom is -0.493 e. The molecule has 0 saturated carbocycles. The second-order valence-electron chi connectivity index (χ2n) is 5.31. The van der Waals surface area contributed by atoms with Gasteiger partial charge in [0.15, 0.2) is 11.5 Å². The summed E-state index contributed by atoms with van der Waals surface area (Å²) in [5.41, 5.74) is 1.70. The third-order valence-electron chi connectivity index (χ3n) is 3.62. The molecule has 0 fully saturated rings. The molecular formula is C19H16Cl2N2O3. The van der Waals surface area contributed by atoms with Crippen LogP contribution in [0.5, 0.6) is 11.5 Å². The summed E-state index contributed by atoms with van der Waals surface area (Å²) in [6, 6.07) is 10.1. The molecule has 1 N–H and O–H groups in total. The van der Waals surface area contributed by atoms with Crippen LogP contribution in [0.1, 0.15) is 11.1 Å². The number of nitrogens with zero attached hydrogens (tertiary/aromatic N) is 1. The van der Waals surface area contributed by atoms with Gasteiger partial charge < -0.3 is 14.8 Å². The van der Waals surface area contributed by atoms with Gasteiger partial charge in [-0.15, -0.1) is 0 Å². The molecule has 0 aliphatic rings. The van der Waals surface area contributed by atoms with Crippen molar-refractivity contribution in [3.05, 3.63) is 57.1 Å². The van der Waals surface area contributed by atoms with E-state index in [4.69, 9.17) is 32.7 Å². The number of carbonyl (C=O) groups excluding carboxylic acids is 1. The molecule has 7 heteroatoms. The highest BCUT2D eigenvalue weighted by molar-refractivity contribution is 6.32. The van der Waals surface area contributed by atoms with Crippen LogP contribution in [0, 0.1) is 18.3 Å². The topological polar surface area (TPSA) is 71.3 Å². The number of amides is 1. The Morgan fingerprint density at radius 1 is 1.15 bits per heavy atom. The van der Waals surface area contributed by atoms with Gasteiger partial charge in [-0.2, -0.15) is 5.26 Å². The van der Waals surface area contributed by atoms with Crippen LogP contribution in [0.3, 0.4) is 0 Å². The van der Waals surface area contributed by atoms with Crippen LogP contribution >= 0.6 is 23.2 Å². The molecule has 0 spiro atoms. The number of halogens is 2. The summed E-state index contributed by atoms with van der Waals surface area (Å²) in [7, 11) is 2.98. The first kappa shape index (κ1) is 19.6. The van der Waals surface area contributed by atoms with Gasteiger partial charge in [0.2, 0.25) is 0 Å². The molecule has 26 heavy (non-hydrogen) atoms. The molecule has 0 heterocycles. The average Bonchev–Trinajstić information content (AvgIpc) is 2.63. The van der Waals surface area contributed by atoms with Gasteiger partial charge in [0.1, 0.15) is 11.6 Å². The summed E-state index contributed by atoms with van der Waals surface area (Å²) in [6.07, 6.45) is 1.39. The molecule has 134 valence electrons. The number of hydrogen-bond donors (Lipinski definition) is 1. The molecule has 1 amide bonds. The summed E-state index contributed by atoms with van der Waals surface area (Å²) in [6.45, 7) is 1.83. The predicted octanol–water partition coefficient (Wildman–Crippen LogP) is 4.86. The third kappa shape index (κ3) is 4.48. The molecule has 0 aromatic heterocycles. The minimum absolute atomic E-state index is 0.113. The average molecular weight is 391 g/mol. The van der Waals surface area contributed by atoms with Gasteiger partial charge in [-0.1, -0.05) is 29.3 Å². The molecule has 0 saturated heterocycles. The van der Waals surface area contributed by atoms with E-state index in [0.717, 1.165) is 5.56 Å². The highest BCUT2D eigenvalue weighted by Crippen LogP contribution is 2.34. The first-order valence-corrected chi connectivity index (χ1v) is 8.26. The Bertz CT molecular complexity index is 918. The second-order valence-corrected chi connectivity index (χ2v) is 6.16. The fraction of sp³-hybridized carbons (Fsp3) is 0.158. The van der Waals surface area contributed by atoms with Gasteiger partial charge in [0.05, 0.1) is 19.2 Å². The van der Waals surface area contributed by atoms with Crippen molar-refractivity contribution < 1.29 is 14.3 Å². The van der Waals surface area contributed by atoms with Crippen molar-refractivity contribution in [2.24, 2.45) is 0 Å². The first-order chi connectivity index (χ1) is 12.4. The largest absolute Gasteiger partial charge is 0.493 e. The van der Waals surface area contributed by atoms with Crippen molar-refractivity contribution in [2.75, 3.05) is 19.5 Å². The zero-order valence-electron chi connectivity index (χ0n) is 14.4. The summed E-state index contributed by atoms with van der Waals surface area (Å²) in [5, 5.41) is 12.9. The Hall–Kier alpha value is -2.68. The molecule has 2 aromatic carbocycles. The highest BCUT2D eigenvalue weighted by atomic mass is 35.5. The van der Waals surface area contributed by atoms with Crippen molar-refractivity contribution >= 4 is 40.9 Å². The molecule has 0 unspecified atom stereocenters. The summed E-state index contributed by atoms with van der Waals surface area (Å²) >= 11 is 12.2. The SMILES string of the molecule is COc1cc(Cl)c(/C=C(\C#N)C(=O)Nc2cc(Cl)ccc2C)cc1OC. The first-order valence-electron chi connectivity index (χ1n) is 7.50. The molecule has 2 rings (SSSR count).